The molecule has 1 N–H and O–H groups in total. The summed E-state index contributed by atoms with van der Waals surface area (Å²) in [5.41, 5.74) is -1.17. The molecule has 3 atom stereocenters. The summed E-state index contributed by atoms with van der Waals surface area (Å²) in [6.07, 6.45) is -1.52. The number of rotatable bonds is 4. The van der Waals surface area contributed by atoms with E-state index in [9.17, 15) is 22.8 Å². The number of amides is 1. The molecule has 1 aromatic carbocycles. The van der Waals surface area contributed by atoms with Crippen molar-refractivity contribution in [2.45, 2.75) is 45.3 Å². The van der Waals surface area contributed by atoms with Gasteiger partial charge in [0.15, 0.2) is 6.61 Å². The minimum absolute atomic E-state index is 0.0310. The van der Waals surface area contributed by atoms with Crippen LogP contribution in [0.4, 0.5) is 13.2 Å². The van der Waals surface area contributed by atoms with Crippen molar-refractivity contribution in [3.63, 3.8) is 0 Å². The van der Waals surface area contributed by atoms with Crippen LogP contribution in [0.5, 0.6) is 0 Å². The molecule has 25 heavy (non-hydrogen) atoms. The Balaban J connectivity index is 1.88. The van der Waals surface area contributed by atoms with Gasteiger partial charge in [0.2, 0.25) is 0 Å². The molecule has 1 saturated carbocycles. The fourth-order valence-electron chi connectivity index (χ4n) is 3.07. The summed E-state index contributed by atoms with van der Waals surface area (Å²) in [4.78, 5) is 23.8. The molecule has 0 heterocycles. The van der Waals surface area contributed by atoms with Gasteiger partial charge in [0.05, 0.1) is 11.1 Å². The molecule has 1 amide bonds. The van der Waals surface area contributed by atoms with E-state index in [0.717, 1.165) is 31.4 Å². The third-order valence-corrected chi connectivity index (χ3v) is 4.81. The SMILES string of the molecule is CC1CCCC(NC(=O)COC(=O)c2cccc(C(F)(F)F)c2)C1C. The lowest BCUT2D eigenvalue weighted by atomic mass is 9.78. The average molecular weight is 357 g/mol. The van der Waals surface area contributed by atoms with E-state index < -0.39 is 30.2 Å². The first-order chi connectivity index (χ1) is 11.7. The minimum Gasteiger partial charge on any atom is -0.452 e. The van der Waals surface area contributed by atoms with Crippen LogP contribution in [0.25, 0.3) is 0 Å². The highest BCUT2D eigenvalue weighted by molar-refractivity contribution is 5.91. The molecular weight excluding hydrogens is 335 g/mol. The van der Waals surface area contributed by atoms with E-state index in [4.69, 9.17) is 4.74 Å². The van der Waals surface area contributed by atoms with Crippen LogP contribution in [-0.4, -0.2) is 24.5 Å². The van der Waals surface area contributed by atoms with Crippen molar-refractivity contribution in [3.8, 4) is 0 Å². The average Bonchev–Trinajstić information content (AvgIpc) is 2.56. The maximum atomic E-state index is 12.7. The molecule has 138 valence electrons. The van der Waals surface area contributed by atoms with Gasteiger partial charge in [-0.25, -0.2) is 4.79 Å². The summed E-state index contributed by atoms with van der Waals surface area (Å²) in [5.74, 6) is -0.554. The first-order valence-electron chi connectivity index (χ1n) is 8.32. The largest absolute Gasteiger partial charge is 0.452 e. The molecule has 1 fully saturated rings. The topological polar surface area (TPSA) is 55.4 Å². The normalized spacial score (nSPS) is 23.8. The van der Waals surface area contributed by atoms with Crippen molar-refractivity contribution in [3.05, 3.63) is 35.4 Å². The highest BCUT2D eigenvalue weighted by Gasteiger charge is 2.31. The molecule has 1 aliphatic rings. The number of carbonyl (C=O) groups excluding carboxylic acids is 2. The second-order valence-electron chi connectivity index (χ2n) is 6.60. The first-order valence-corrected chi connectivity index (χ1v) is 8.32. The first kappa shape index (κ1) is 19.3. The smallest absolute Gasteiger partial charge is 0.416 e. The van der Waals surface area contributed by atoms with Crippen LogP contribution in [0.3, 0.4) is 0 Å². The molecule has 0 spiro atoms. The molecule has 0 aromatic heterocycles. The Hall–Kier alpha value is -2.05. The van der Waals surface area contributed by atoms with E-state index in [0.29, 0.717) is 17.9 Å². The fourth-order valence-corrected chi connectivity index (χ4v) is 3.07. The lowest BCUT2D eigenvalue weighted by Crippen LogP contribution is -2.45. The Morgan fingerprint density at radius 3 is 2.64 bits per heavy atom. The lowest BCUT2D eigenvalue weighted by Gasteiger charge is -2.34. The standard InChI is InChI=1S/C18H22F3NO3/c1-11-5-3-8-15(12(11)2)22-16(23)10-25-17(24)13-6-4-7-14(9-13)18(19,20)21/h4,6-7,9,11-12,15H,3,5,8,10H2,1-2H3,(H,22,23). The second kappa shape index (κ2) is 7.89. The van der Waals surface area contributed by atoms with Crippen LogP contribution in [0.1, 0.15) is 49.0 Å². The van der Waals surface area contributed by atoms with E-state index in [1.54, 1.807) is 0 Å². The molecule has 0 radical (unpaired) electrons. The van der Waals surface area contributed by atoms with Crippen LogP contribution in [0, 0.1) is 11.8 Å². The Kier molecular flexibility index (Phi) is 6.08. The summed E-state index contributed by atoms with van der Waals surface area (Å²) in [7, 11) is 0. The maximum absolute atomic E-state index is 12.7. The van der Waals surface area contributed by atoms with Gasteiger partial charge in [0, 0.05) is 6.04 Å². The predicted molar refractivity (Wildman–Crippen MR) is 85.8 cm³/mol. The monoisotopic (exact) mass is 357 g/mol. The lowest BCUT2D eigenvalue weighted by molar-refractivity contribution is -0.137. The Bertz CT molecular complexity index is 630. The quantitative estimate of drug-likeness (QED) is 0.834. The van der Waals surface area contributed by atoms with E-state index in [1.807, 2.05) is 0 Å². The molecule has 7 heteroatoms. The van der Waals surface area contributed by atoms with Gasteiger partial charge in [-0.1, -0.05) is 32.8 Å². The second-order valence-corrected chi connectivity index (χ2v) is 6.60. The number of nitrogens with one attached hydrogen (secondary N) is 1. The summed E-state index contributed by atoms with van der Waals surface area (Å²) in [6.45, 7) is 3.70. The number of carbonyl (C=O) groups is 2. The molecular formula is C18H22F3NO3. The zero-order valence-corrected chi connectivity index (χ0v) is 14.2. The van der Waals surface area contributed by atoms with Crippen LogP contribution >= 0.6 is 0 Å². The zero-order chi connectivity index (χ0) is 18.6. The van der Waals surface area contributed by atoms with Gasteiger partial charge in [-0.15, -0.1) is 0 Å². The molecule has 3 unspecified atom stereocenters. The van der Waals surface area contributed by atoms with Crippen molar-refractivity contribution in [1.82, 2.24) is 5.32 Å². The van der Waals surface area contributed by atoms with Crippen LogP contribution in [-0.2, 0) is 15.7 Å². The molecule has 4 nitrogen and oxygen atoms in total. The number of alkyl halides is 3. The van der Waals surface area contributed by atoms with Crippen LogP contribution in [0.15, 0.2) is 24.3 Å². The molecule has 0 bridgehead atoms. The summed E-state index contributed by atoms with van der Waals surface area (Å²) in [5, 5.41) is 2.85. The number of ether oxygens (including phenoxy) is 1. The third kappa shape index (κ3) is 5.21. The highest BCUT2D eigenvalue weighted by atomic mass is 19.4. The Labute approximate surface area is 144 Å². The van der Waals surface area contributed by atoms with Crippen molar-refractivity contribution in [2.75, 3.05) is 6.61 Å². The van der Waals surface area contributed by atoms with Crippen molar-refractivity contribution >= 4 is 11.9 Å². The summed E-state index contributed by atoms with van der Waals surface area (Å²) in [6, 6.07) is 3.97. The van der Waals surface area contributed by atoms with Crippen molar-refractivity contribution < 1.29 is 27.5 Å². The van der Waals surface area contributed by atoms with Crippen LogP contribution in [0.2, 0.25) is 0 Å². The van der Waals surface area contributed by atoms with Crippen LogP contribution < -0.4 is 5.32 Å². The van der Waals surface area contributed by atoms with Crippen molar-refractivity contribution in [2.24, 2.45) is 11.8 Å². The molecule has 1 aliphatic carbocycles. The molecule has 2 rings (SSSR count). The van der Waals surface area contributed by atoms with Gasteiger partial charge in [-0.3, -0.25) is 4.79 Å². The summed E-state index contributed by atoms with van der Waals surface area (Å²) >= 11 is 0. The number of hydrogen-bond acceptors (Lipinski definition) is 3. The Morgan fingerprint density at radius 1 is 1.24 bits per heavy atom. The molecule has 1 aromatic rings. The summed E-state index contributed by atoms with van der Waals surface area (Å²) < 4.78 is 42.8. The number of esters is 1. The van der Waals surface area contributed by atoms with Crippen molar-refractivity contribution in [1.29, 1.82) is 0 Å². The number of benzene rings is 1. The van der Waals surface area contributed by atoms with Gasteiger partial charge in [-0.05, 0) is 36.5 Å². The van der Waals surface area contributed by atoms with Gasteiger partial charge < -0.3 is 10.1 Å². The zero-order valence-electron chi connectivity index (χ0n) is 14.2. The van der Waals surface area contributed by atoms with E-state index in [-0.39, 0.29) is 11.6 Å². The number of hydrogen-bond donors (Lipinski definition) is 1. The Morgan fingerprint density at radius 2 is 1.96 bits per heavy atom. The molecule has 0 aliphatic heterocycles. The van der Waals surface area contributed by atoms with E-state index in [1.165, 1.54) is 6.07 Å². The molecule has 0 saturated heterocycles. The number of halogens is 3. The maximum Gasteiger partial charge on any atom is 0.416 e. The third-order valence-electron chi connectivity index (χ3n) is 4.81. The predicted octanol–water partition coefficient (Wildman–Crippen LogP) is 3.80. The minimum atomic E-state index is -4.54. The highest BCUT2D eigenvalue weighted by Crippen LogP contribution is 2.30. The van der Waals surface area contributed by atoms with Gasteiger partial charge in [0.25, 0.3) is 5.91 Å². The van der Waals surface area contributed by atoms with Gasteiger partial charge in [-0.2, -0.15) is 13.2 Å². The van der Waals surface area contributed by atoms with E-state index >= 15 is 0 Å². The fraction of sp³-hybridized carbons (Fsp3) is 0.556. The van der Waals surface area contributed by atoms with E-state index in [2.05, 4.69) is 19.2 Å². The van der Waals surface area contributed by atoms with Gasteiger partial charge >= 0.3 is 12.1 Å². The van der Waals surface area contributed by atoms with Gasteiger partial charge in [0.1, 0.15) is 0 Å².